The predicted molar refractivity (Wildman–Crippen MR) is 69.3 cm³/mol. The van der Waals surface area contributed by atoms with Gasteiger partial charge in [-0.2, -0.15) is 0 Å². The van der Waals surface area contributed by atoms with Gasteiger partial charge >= 0.3 is 0 Å². The molecule has 2 rings (SSSR count). The van der Waals surface area contributed by atoms with E-state index in [1.54, 1.807) is 0 Å². The van der Waals surface area contributed by atoms with Gasteiger partial charge in [0.15, 0.2) is 0 Å². The van der Waals surface area contributed by atoms with Gasteiger partial charge in [-0.1, -0.05) is 11.6 Å². The Labute approximate surface area is 111 Å². The molecular formula is C13H16ClFN2O. The third kappa shape index (κ3) is 3.43. The third-order valence-corrected chi connectivity index (χ3v) is 3.41. The van der Waals surface area contributed by atoms with Gasteiger partial charge in [0.25, 0.3) is 5.91 Å². The third-order valence-electron chi connectivity index (χ3n) is 3.18. The normalized spacial score (nSPS) is 18.9. The summed E-state index contributed by atoms with van der Waals surface area (Å²) in [4.78, 5) is 11.7. The number of carbonyl (C=O) groups is 1. The number of carbonyl (C=O) groups excluding carboxylic acids is 1. The van der Waals surface area contributed by atoms with E-state index in [2.05, 4.69) is 10.6 Å². The zero-order valence-electron chi connectivity index (χ0n) is 10.0. The van der Waals surface area contributed by atoms with Gasteiger partial charge in [-0.15, -0.1) is 0 Å². The van der Waals surface area contributed by atoms with Crippen LogP contribution in [-0.2, 0) is 0 Å². The van der Waals surface area contributed by atoms with Crippen molar-refractivity contribution in [3.8, 4) is 0 Å². The molecule has 0 spiro atoms. The lowest BCUT2D eigenvalue weighted by molar-refractivity contribution is 0.0947. The molecule has 1 aliphatic heterocycles. The van der Waals surface area contributed by atoms with Crippen LogP contribution in [0, 0.1) is 11.7 Å². The first-order valence-electron chi connectivity index (χ1n) is 6.11. The molecule has 5 heteroatoms. The molecule has 1 aromatic carbocycles. The van der Waals surface area contributed by atoms with Crippen molar-refractivity contribution in [2.24, 2.45) is 5.92 Å². The van der Waals surface area contributed by atoms with Crippen LogP contribution in [0.1, 0.15) is 23.2 Å². The number of amides is 1. The van der Waals surface area contributed by atoms with Gasteiger partial charge in [0, 0.05) is 11.6 Å². The van der Waals surface area contributed by atoms with Crippen molar-refractivity contribution >= 4 is 17.5 Å². The van der Waals surface area contributed by atoms with Crippen LogP contribution < -0.4 is 10.6 Å². The highest BCUT2D eigenvalue weighted by atomic mass is 35.5. The van der Waals surface area contributed by atoms with Crippen molar-refractivity contribution in [1.82, 2.24) is 10.6 Å². The fraction of sp³-hybridized carbons (Fsp3) is 0.462. The lowest BCUT2D eigenvalue weighted by Crippen LogP contribution is -2.27. The number of benzene rings is 1. The molecule has 1 fully saturated rings. The molecule has 3 nitrogen and oxygen atoms in total. The molecule has 0 saturated carbocycles. The van der Waals surface area contributed by atoms with Gasteiger partial charge < -0.3 is 10.6 Å². The van der Waals surface area contributed by atoms with E-state index in [9.17, 15) is 9.18 Å². The molecule has 1 aromatic rings. The highest BCUT2D eigenvalue weighted by Gasteiger charge is 2.15. The molecule has 0 unspecified atom stereocenters. The zero-order chi connectivity index (χ0) is 13.0. The molecule has 1 saturated heterocycles. The zero-order valence-corrected chi connectivity index (χ0v) is 10.8. The second-order valence-corrected chi connectivity index (χ2v) is 4.96. The molecule has 1 atom stereocenters. The second-order valence-electron chi connectivity index (χ2n) is 4.53. The quantitative estimate of drug-likeness (QED) is 0.881. The smallest absolute Gasteiger partial charge is 0.254 e. The van der Waals surface area contributed by atoms with Gasteiger partial charge in [-0.05, 0) is 50.0 Å². The summed E-state index contributed by atoms with van der Waals surface area (Å²) in [5, 5.41) is 6.30. The molecule has 0 bridgehead atoms. The van der Waals surface area contributed by atoms with Crippen molar-refractivity contribution in [2.45, 2.75) is 12.8 Å². The van der Waals surface area contributed by atoms with E-state index in [-0.39, 0.29) is 11.5 Å². The highest BCUT2D eigenvalue weighted by molar-refractivity contribution is 6.30. The molecule has 0 aromatic heterocycles. The van der Waals surface area contributed by atoms with Crippen LogP contribution in [0.2, 0.25) is 5.02 Å². The largest absolute Gasteiger partial charge is 0.352 e. The average Bonchev–Trinajstić information content (AvgIpc) is 2.81. The summed E-state index contributed by atoms with van der Waals surface area (Å²) in [6, 6.07) is 4.07. The summed E-state index contributed by atoms with van der Waals surface area (Å²) in [6.07, 6.45) is 2.07. The number of rotatable bonds is 4. The number of nitrogens with one attached hydrogen (secondary N) is 2. The Morgan fingerprint density at radius 3 is 3.06 bits per heavy atom. The van der Waals surface area contributed by atoms with Crippen molar-refractivity contribution in [2.75, 3.05) is 19.6 Å². The molecule has 0 aliphatic carbocycles. The minimum Gasteiger partial charge on any atom is -0.352 e. The van der Waals surface area contributed by atoms with Gasteiger partial charge in [0.1, 0.15) is 5.82 Å². The summed E-state index contributed by atoms with van der Waals surface area (Å²) >= 11 is 5.63. The first-order valence-corrected chi connectivity index (χ1v) is 6.48. The Bertz CT molecular complexity index is 433. The Balaban J connectivity index is 1.83. The van der Waals surface area contributed by atoms with Gasteiger partial charge in [-0.3, -0.25) is 4.79 Å². The fourth-order valence-electron chi connectivity index (χ4n) is 2.12. The van der Waals surface area contributed by atoms with Crippen LogP contribution in [0.5, 0.6) is 0 Å². The van der Waals surface area contributed by atoms with Crippen LogP contribution in [0.15, 0.2) is 18.2 Å². The molecule has 98 valence electrons. The Morgan fingerprint density at radius 1 is 1.56 bits per heavy atom. The van der Waals surface area contributed by atoms with E-state index in [4.69, 9.17) is 11.6 Å². The molecule has 1 heterocycles. The van der Waals surface area contributed by atoms with E-state index in [0.29, 0.717) is 17.5 Å². The van der Waals surface area contributed by atoms with Gasteiger partial charge in [0.05, 0.1) is 5.56 Å². The maximum absolute atomic E-state index is 13.5. The highest BCUT2D eigenvalue weighted by Crippen LogP contribution is 2.15. The van der Waals surface area contributed by atoms with Gasteiger partial charge in [0.2, 0.25) is 0 Å². The fourth-order valence-corrected chi connectivity index (χ4v) is 2.28. The second kappa shape index (κ2) is 6.16. The topological polar surface area (TPSA) is 41.1 Å². The molecular weight excluding hydrogens is 255 g/mol. The Hall–Kier alpha value is -1.13. The van der Waals surface area contributed by atoms with E-state index < -0.39 is 5.82 Å². The maximum atomic E-state index is 13.5. The van der Waals surface area contributed by atoms with Crippen LogP contribution in [0.25, 0.3) is 0 Å². The predicted octanol–water partition coefficient (Wildman–Crippen LogP) is 2.21. The lowest BCUT2D eigenvalue weighted by atomic mass is 10.1. The molecule has 1 aliphatic rings. The SMILES string of the molecule is O=C(NCC[C@H]1CCNC1)c1ccc(Cl)cc1F. The molecule has 1 amide bonds. The standard InChI is InChI=1S/C13H16ClFN2O/c14-10-1-2-11(12(15)7-10)13(18)17-6-4-9-3-5-16-8-9/h1-2,7,9,16H,3-6,8H2,(H,17,18)/t9-/m1/s1. The Morgan fingerprint density at radius 2 is 2.39 bits per heavy atom. The summed E-state index contributed by atoms with van der Waals surface area (Å²) < 4.78 is 13.5. The Kier molecular flexibility index (Phi) is 4.55. The minimum atomic E-state index is -0.581. The van der Waals surface area contributed by atoms with Crippen LogP contribution in [-0.4, -0.2) is 25.5 Å². The minimum absolute atomic E-state index is 0.0453. The van der Waals surface area contributed by atoms with E-state index in [1.807, 2.05) is 0 Å². The van der Waals surface area contributed by atoms with Crippen LogP contribution >= 0.6 is 11.6 Å². The summed E-state index contributed by atoms with van der Waals surface area (Å²) in [7, 11) is 0. The van der Waals surface area contributed by atoms with E-state index in [1.165, 1.54) is 12.1 Å². The first-order chi connectivity index (χ1) is 8.66. The number of hydrogen-bond acceptors (Lipinski definition) is 2. The van der Waals surface area contributed by atoms with E-state index >= 15 is 0 Å². The summed E-state index contributed by atoms with van der Waals surface area (Å²) in [5.41, 5.74) is 0.0453. The van der Waals surface area contributed by atoms with Crippen molar-refractivity contribution < 1.29 is 9.18 Å². The first kappa shape index (κ1) is 13.3. The monoisotopic (exact) mass is 270 g/mol. The van der Waals surface area contributed by atoms with Gasteiger partial charge in [-0.25, -0.2) is 4.39 Å². The maximum Gasteiger partial charge on any atom is 0.254 e. The summed E-state index contributed by atoms with van der Waals surface area (Å²) in [6.45, 7) is 2.63. The van der Waals surface area contributed by atoms with Crippen LogP contribution in [0.3, 0.4) is 0 Å². The average molecular weight is 271 g/mol. The number of halogens is 2. The van der Waals surface area contributed by atoms with Crippen molar-refractivity contribution in [3.05, 3.63) is 34.6 Å². The molecule has 18 heavy (non-hydrogen) atoms. The number of hydrogen-bond donors (Lipinski definition) is 2. The lowest BCUT2D eigenvalue weighted by Gasteiger charge is -2.09. The van der Waals surface area contributed by atoms with Crippen molar-refractivity contribution in [1.29, 1.82) is 0 Å². The summed E-state index contributed by atoms with van der Waals surface area (Å²) in [5.74, 6) is -0.349. The van der Waals surface area contributed by atoms with Crippen molar-refractivity contribution in [3.63, 3.8) is 0 Å². The molecule has 0 radical (unpaired) electrons. The molecule has 2 N–H and O–H groups in total. The van der Waals surface area contributed by atoms with Crippen LogP contribution in [0.4, 0.5) is 4.39 Å². The van der Waals surface area contributed by atoms with E-state index in [0.717, 1.165) is 32.0 Å².